The predicted octanol–water partition coefficient (Wildman–Crippen LogP) is 10.7. The Balaban J connectivity index is 0.898. The van der Waals surface area contributed by atoms with E-state index in [0.29, 0.717) is 59.3 Å². The SMILES string of the molecule is CCc1ccc(S(=O)(=O)N2CCC(N(C(=O)Nc3cc(COc4ccc(S(=O)(=O)N5CCC(N(C(=O)Nc6ccccc6Cl)c6cccc(C)n6)CC5)cc4Cl)ccc3Cl)c3ccccn3)CC2)cc1. The zero-order valence-corrected chi connectivity index (χ0v) is 42.2. The first kappa shape index (κ1) is 50.6. The van der Waals surface area contributed by atoms with Gasteiger partial charge < -0.3 is 15.4 Å². The van der Waals surface area contributed by atoms with E-state index in [1.165, 1.54) is 31.7 Å². The van der Waals surface area contributed by atoms with Gasteiger partial charge >= 0.3 is 12.1 Å². The molecular formula is C50H51Cl3N8O7S2. The van der Waals surface area contributed by atoms with Crippen LogP contribution < -0.4 is 25.2 Å². The summed E-state index contributed by atoms with van der Waals surface area (Å²) in [6.45, 7) is 4.53. The number of pyridine rings is 2. The second kappa shape index (κ2) is 22.1. The molecule has 15 nitrogen and oxygen atoms in total. The van der Waals surface area contributed by atoms with Crippen LogP contribution in [-0.4, -0.2) is 85.7 Å². The molecule has 366 valence electrons. The van der Waals surface area contributed by atoms with E-state index in [9.17, 15) is 26.4 Å². The molecule has 2 saturated heterocycles. The summed E-state index contributed by atoms with van der Waals surface area (Å²) in [6.07, 6.45) is 3.80. The van der Waals surface area contributed by atoms with Crippen LogP contribution in [0.3, 0.4) is 0 Å². The lowest BCUT2D eigenvalue weighted by molar-refractivity contribution is 0.247. The van der Waals surface area contributed by atoms with Gasteiger partial charge in [0.1, 0.15) is 24.0 Å². The molecule has 2 aliphatic rings. The number of rotatable bonds is 14. The molecule has 2 N–H and O–H groups in total. The van der Waals surface area contributed by atoms with Gasteiger partial charge in [-0.3, -0.25) is 9.80 Å². The van der Waals surface area contributed by atoms with Crippen LogP contribution in [0.4, 0.5) is 32.6 Å². The lowest BCUT2D eigenvalue weighted by atomic mass is 10.0. The number of hydrogen-bond donors (Lipinski definition) is 2. The Morgan fingerprint density at radius 3 is 1.79 bits per heavy atom. The van der Waals surface area contributed by atoms with Gasteiger partial charge in [0.2, 0.25) is 20.0 Å². The van der Waals surface area contributed by atoms with Crippen LogP contribution in [0, 0.1) is 6.92 Å². The maximum absolute atomic E-state index is 14.2. The average Bonchev–Trinajstić information content (AvgIpc) is 3.36. The minimum Gasteiger partial charge on any atom is -0.487 e. The highest BCUT2D eigenvalue weighted by molar-refractivity contribution is 7.89. The lowest BCUT2D eigenvalue weighted by Gasteiger charge is -2.37. The van der Waals surface area contributed by atoms with Gasteiger partial charge in [0.25, 0.3) is 0 Å². The van der Waals surface area contributed by atoms with E-state index in [2.05, 4.69) is 20.6 Å². The van der Waals surface area contributed by atoms with E-state index in [1.54, 1.807) is 90.0 Å². The van der Waals surface area contributed by atoms with E-state index >= 15 is 0 Å². The molecule has 0 atom stereocenters. The van der Waals surface area contributed by atoms with Crippen molar-refractivity contribution in [3.8, 4) is 5.75 Å². The number of urea groups is 2. The molecule has 8 rings (SSSR count). The molecule has 4 amide bonds. The highest BCUT2D eigenvalue weighted by atomic mass is 35.5. The summed E-state index contributed by atoms with van der Waals surface area (Å²) in [7, 11) is -7.72. The van der Waals surface area contributed by atoms with Gasteiger partial charge in [-0.25, -0.2) is 36.4 Å². The third kappa shape index (κ3) is 11.5. The first-order valence-electron chi connectivity index (χ1n) is 22.7. The molecule has 0 bridgehead atoms. The first-order chi connectivity index (χ1) is 33.6. The van der Waals surface area contributed by atoms with Crippen LogP contribution in [0.2, 0.25) is 15.1 Å². The summed E-state index contributed by atoms with van der Waals surface area (Å²) in [4.78, 5) is 40.3. The molecule has 4 heterocycles. The second-order valence-electron chi connectivity index (χ2n) is 16.9. The third-order valence-corrected chi connectivity index (χ3v) is 17.1. The Morgan fingerprint density at radius 1 is 0.629 bits per heavy atom. The van der Waals surface area contributed by atoms with Crippen LogP contribution >= 0.6 is 34.8 Å². The highest BCUT2D eigenvalue weighted by Crippen LogP contribution is 2.34. The number of aromatic nitrogens is 2. The number of piperidine rings is 2. The summed E-state index contributed by atoms with van der Waals surface area (Å²) in [5.41, 5.74) is 3.14. The molecule has 0 unspecified atom stereocenters. The smallest absolute Gasteiger partial charge is 0.327 e. The fourth-order valence-corrected chi connectivity index (χ4v) is 12.2. The van der Waals surface area contributed by atoms with E-state index in [0.717, 1.165) is 17.7 Å². The number of sulfonamides is 2. The number of nitrogens with one attached hydrogen (secondary N) is 2. The van der Waals surface area contributed by atoms with Crippen LogP contribution in [-0.2, 0) is 33.1 Å². The van der Waals surface area contributed by atoms with Gasteiger partial charge in [0, 0.05) is 50.2 Å². The third-order valence-electron chi connectivity index (χ3n) is 12.3. The van der Waals surface area contributed by atoms with Crippen molar-refractivity contribution < 1.29 is 31.2 Å². The molecular weight excluding hydrogens is 995 g/mol. The van der Waals surface area contributed by atoms with Gasteiger partial charge in [-0.1, -0.05) is 84.2 Å². The largest absolute Gasteiger partial charge is 0.487 e. The van der Waals surface area contributed by atoms with E-state index < -0.39 is 32.1 Å². The summed E-state index contributed by atoms with van der Waals surface area (Å²) < 4.78 is 63.9. The molecule has 20 heteroatoms. The van der Waals surface area contributed by atoms with Gasteiger partial charge in [-0.2, -0.15) is 8.61 Å². The van der Waals surface area contributed by atoms with Crippen LogP contribution in [0.25, 0.3) is 0 Å². The van der Waals surface area contributed by atoms with Gasteiger partial charge in [0.05, 0.1) is 36.2 Å². The molecule has 2 aliphatic heterocycles. The first-order valence-corrected chi connectivity index (χ1v) is 26.7. The number of aryl methyl sites for hydroxylation is 2. The Morgan fingerprint density at radius 2 is 1.19 bits per heavy atom. The van der Waals surface area contributed by atoms with Crippen molar-refractivity contribution in [3.05, 3.63) is 159 Å². The van der Waals surface area contributed by atoms with Gasteiger partial charge in [0.15, 0.2) is 0 Å². The van der Waals surface area contributed by atoms with E-state index in [4.69, 9.17) is 39.5 Å². The monoisotopic (exact) mass is 1040 g/mol. The molecule has 70 heavy (non-hydrogen) atoms. The Bertz CT molecular complexity index is 3070. The molecule has 6 aromatic rings. The molecule has 0 saturated carbocycles. The second-order valence-corrected chi connectivity index (χ2v) is 22.0. The van der Waals surface area contributed by atoms with E-state index in [1.807, 2.05) is 38.1 Å². The molecule has 0 spiro atoms. The minimum absolute atomic E-state index is 0.00617. The lowest BCUT2D eigenvalue weighted by Crippen LogP contribution is -2.50. The zero-order chi connectivity index (χ0) is 49.6. The number of para-hydroxylation sites is 1. The standard InChI is InChI=1S/C50H51Cl3N8O7S2/c1-3-35-14-17-39(18-15-35)69(64,65)58-27-22-37(23-28-58)60(47-12-6-7-26-54-47)50(63)57-45-31-36(16-20-42(45)52)33-68-46-21-19-40(32-43(46)53)70(66,67)59-29-24-38(25-30-59)61(48-13-8-9-34(2)55-48)49(62)56-44-11-5-4-10-41(44)51/h4-21,26,31-32,37-38H,3,22-25,27-30,33H2,1-2H3,(H,56,62)(H,57,63). The van der Waals surface area contributed by atoms with Crippen molar-refractivity contribution in [2.45, 2.75) is 74.4 Å². The van der Waals surface area contributed by atoms with Crippen LogP contribution in [0.1, 0.15) is 49.4 Å². The van der Waals surface area contributed by atoms with Crippen molar-refractivity contribution in [1.29, 1.82) is 0 Å². The normalized spacial score (nSPS) is 15.3. The number of amides is 4. The minimum atomic E-state index is -4.00. The average molecular weight is 1050 g/mol. The Kier molecular flexibility index (Phi) is 16.0. The number of anilines is 4. The van der Waals surface area contributed by atoms with Gasteiger partial charge in [-0.15, -0.1) is 0 Å². The predicted molar refractivity (Wildman–Crippen MR) is 274 cm³/mol. The number of carbonyl (C=O) groups is 2. The number of ether oxygens (including phenoxy) is 1. The fraction of sp³-hybridized carbons (Fsp3) is 0.280. The van der Waals surface area contributed by atoms with Crippen molar-refractivity contribution in [1.82, 2.24) is 18.6 Å². The quantitative estimate of drug-likeness (QED) is 0.108. The van der Waals surface area contributed by atoms with E-state index in [-0.39, 0.29) is 70.5 Å². The number of carbonyl (C=O) groups excluding carboxylic acids is 2. The summed E-state index contributed by atoms with van der Waals surface area (Å²) in [5, 5.41) is 6.53. The highest BCUT2D eigenvalue weighted by Gasteiger charge is 2.37. The topological polar surface area (TPSA) is 174 Å². The van der Waals surface area contributed by atoms with Crippen molar-refractivity contribution >= 4 is 89.9 Å². The number of hydrogen-bond acceptors (Lipinski definition) is 9. The Hall–Kier alpha value is -5.79. The summed E-state index contributed by atoms with van der Waals surface area (Å²) in [5.74, 6) is 1.07. The summed E-state index contributed by atoms with van der Waals surface area (Å²) >= 11 is 19.6. The maximum atomic E-state index is 14.2. The molecule has 0 aliphatic carbocycles. The fourth-order valence-electron chi connectivity index (χ4n) is 8.54. The van der Waals surface area contributed by atoms with Gasteiger partial charge in [-0.05, 0) is 129 Å². The number of nitrogens with zero attached hydrogens (tertiary/aromatic N) is 6. The van der Waals surface area contributed by atoms with Crippen molar-refractivity contribution in [3.63, 3.8) is 0 Å². The number of benzene rings is 4. The molecule has 0 radical (unpaired) electrons. The zero-order valence-electron chi connectivity index (χ0n) is 38.3. The van der Waals surface area contributed by atoms with Crippen LogP contribution in [0.5, 0.6) is 5.75 Å². The van der Waals surface area contributed by atoms with Crippen molar-refractivity contribution in [2.24, 2.45) is 0 Å². The molecule has 4 aromatic carbocycles. The van der Waals surface area contributed by atoms with Crippen LogP contribution in [0.15, 0.2) is 137 Å². The maximum Gasteiger partial charge on any atom is 0.327 e. The van der Waals surface area contributed by atoms with Crippen molar-refractivity contribution in [2.75, 3.05) is 46.6 Å². The Labute approximate surface area is 423 Å². The number of halogens is 3. The molecule has 2 fully saturated rings. The summed E-state index contributed by atoms with van der Waals surface area (Å²) in [6, 6.07) is 32.1. The molecule has 2 aromatic heterocycles.